The Kier molecular flexibility index (Phi) is 6.25. The standard InChI is InChI=1S/C28H24F2N6O4S/c1-14-8-16-10-23(34-22(16)11-21(14)35-41(38,39)17-6-7-17)26(37)18-12-33-36(28(18)31)24-13-32-25(9-15(24)2)40-27-19(29)4-3-5-20(27)30/h3-5,8-13,17,34-35H,6-7,31H2,1-2H3. The number of aromatic nitrogens is 4. The first-order chi connectivity index (χ1) is 19.5. The van der Waals surface area contributed by atoms with Crippen LogP contribution < -0.4 is 15.2 Å². The third-order valence-electron chi connectivity index (χ3n) is 6.89. The summed E-state index contributed by atoms with van der Waals surface area (Å²) in [5.74, 6) is -2.69. The van der Waals surface area contributed by atoms with Gasteiger partial charge in [-0.05, 0) is 68.1 Å². The van der Waals surface area contributed by atoms with Gasteiger partial charge in [-0.2, -0.15) is 5.10 Å². The lowest BCUT2D eigenvalue weighted by Crippen LogP contribution is -2.17. The van der Waals surface area contributed by atoms with Crippen molar-refractivity contribution in [1.82, 2.24) is 19.7 Å². The van der Waals surface area contributed by atoms with Crippen LogP contribution in [0.4, 0.5) is 20.3 Å². The Balaban J connectivity index is 1.26. The van der Waals surface area contributed by atoms with Crippen LogP contribution in [0.2, 0.25) is 0 Å². The second-order valence-electron chi connectivity index (χ2n) is 9.93. The van der Waals surface area contributed by atoms with Crippen molar-refractivity contribution >= 4 is 38.2 Å². The normalized spacial score (nSPS) is 13.5. The van der Waals surface area contributed by atoms with Crippen LogP contribution in [0, 0.1) is 25.5 Å². The number of aromatic amines is 1. The molecule has 3 heterocycles. The average molecular weight is 579 g/mol. The van der Waals surface area contributed by atoms with Crippen molar-refractivity contribution in [1.29, 1.82) is 0 Å². The fraction of sp³-hybridized carbons (Fsp3) is 0.179. The molecule has 0 atom stereocenters. The van der Waals surface area contributed by atoms with E-state index in [0.717, 1.165) is 23.1 Å². The fourth-order valence-electron chi connectivity index (χ4n) is 4.50. The van der Waals surface area contributed by atoms with Gasteiger partial charge in [-0.25, -0.2) is 26.9 Å². The number of anilines is 2. The molecule has 10 nitrogen and oxygen atoms in total. The number of nitrogen functional groups attached to an aromatic ring is 1. The van der Waals surface area contributed by atoms with E-state index in [4.69, 9.17) is 10.5 Å². The second kappa shape index (κ2) is 9.70. The third-order valence-corrected chi connectivity index (χ3v) is 8.74. The van der Waals surface area contributed by atoms with Gasteiger partial charge < -0.3 is 15.5 Å². The lowest BCUT2D eigenvalue weighted by Gasteiger charge is -2.11. The highest BCUT2D eigenvalue weighted by Crippen LogP contribution is 2.33. The maximum absolute atomic E-state index is 14.0. The van der Waals surface area contributed by atoms with E-state index in [1.165, 1.54) is 29.2 Å². The summed E-state index contributed by atoms with van der Waals surface area (Å²) in [7, 11) is -3.44. The first-order valence-corrected chi connectivity index (χ1v) is 14.2. The van der Waals surface area contributed by atoms with Crippen LogP contribution in [-0.4, -0.2) is 39.2 Å². The van der Waals surface area contributed by atoms with Crippen molar-refractivity contribution in [2.45, 2.75) is 31.9 Å². The minimum Gasteiger partial charge on any atom is -0.433 e. The molecule has 2 aromatic carbocycles. The number of ketones is 1. The van der Waals surface area contributed by atoms with Gasteiger partial charge in [0.15, 0.2) is 11.6 Å². The number of para-hydroxylation sites is 1. The molecule has 5 aromatic rings. The van der Waals surface area contributed by atoms with Gasteiger partial charge in [0, 0.05) is 17.0 Å². The van der Waals surface area contributed by atoms with Crippen LogP contribution in [0.3, 0.4) is 0 Å². The zero-order chi connectivity index (χ0) is 29.1. The van der Waals surface area contributed by atoms with Crippen LogP contribution in [0.1, 0.15) is 40.0 Å². The molecule has 1 fully saturated rings. The number of fused-ring (bicyclic) bond motifs is 1. The van der Waals surface area contributed by atoms with Crippen molar-refractivity contribution in [3.63, 3.8) is 0 Å². The molecule has 0 spiro atoms. The molecule has 13 heteroatoms. The van der Waals surface area contributed by atoms with Gasteiger partial charge in [0.25, 0.3) is 0 Å². The van der Waals surface area contributed by atoms with E-state index < -0.39 is 33.2 Å². The highest BCUT2D eigenvalue weighted by molar-refractivity contribution is 7.93. The summed E-state index contributed by atoms with van der Waals surface area (Å²) in [5.41, 5.74) is 9.47. The zero-order valence-electron chi connectivity index (χ0n) is 21.9. The summed E-state index contributed by atoms with van der Waals surface area (Å²) < 4.78 is 62.1. The van der Waals surface area contributed by atoms with Crippen LogP contribution >= 0.6 is 0 Å². The van der Waals surface area contributed by atoms with Gasteiger partial charge in [-0.3, -0.25) is 9.52 Å². The van der Waals surface area contributed by atoms with E-state index in [2.05, 4.69) is 19.8 Å². The Morgan fingerprint density at radius 3 is 2.51 bits per heavy atom. The second-order valence-corrected chi connectivity index (χ2v) is 11.9. The summed E-state index contributed by atoms with van der Waals surface area (Å²) in [5, 5.41) is 4.62. The van der Waals surface area contributed by atoms with Gasteiger partial charge in [-0.15, -0.1) is 0 Å². The van der Waals surface area contributed by atoms with E-state index in [9.17, 15) is 22.0 Å². The van der Waals surface area contributed by atoms with Crippen LogP contribution in [0.25, 0.3) is 16.6 Å². The number of carbonyl (C=O) groups excluding carboxylic acids is 1. The number of nitrogens with two attached hydrogens (primary N) is 1. The number of nitrogens with one attached hydrogen (secondary N) is 2. The topological polar surface area (TPSA) is 145 Å². The maximum atomic E-state index is 14.0. The number of halogens is 2. The average Bonchev–Trinajstić information content (AvgIpc) is 3.62. The number of carbonyl (C=O) groups is 1. The molecule has 1 aliphatic rings. The van der Waals surface area contributed by atoms with Crippen LogP contribution in [-0.2, 0) is 10.0 Å². The number of benzene rings is 2. The van der Waals surface area contributed by atoms with Gasteiger partial charge in [0.05, 0.1) is 40.3 Å². The summed E-state index contributed by atoms with van der Waals surface area (Å²) in [6.45, 7) is 3.50. The summed E-state index contributed by atoms with van der Waals surface area (Å²) in [6.07, 6.45) is 4.00. The van der Waals surface area contributed by atoms with Crippen molar-refractivity contribution in [3.8, 4) is 17.3 Å². The van der Waals surface area contributed by atoms with E-state index in [1.54, 1.807) is 32.0 Å². The summed E-state index contributed by atoms with van der Waals surface area (Å²) in [4.78, 5) is 20.6. The number of pyridine rings is 1. The number of aryl methyl sites for hydroxylation is 2. The van der Waals surface area contributed by atoms with Crippen molar-refractivity contribution in [2.75, 3.05) is 10.5 Å². The molecule has 3 aromatic heterocycles. The largest absolute Gasteiger partial charge is 0.433 e. The molecule has 1 aliphatic carbocycles. The predicted molar refractivity (Wildman–Crippen MR) is 149 cm³/mol. The molecule has 0 radical (unpaired) electrons. The fourth-order valence-corrected chi connectivity index (χ4v) is 5.95. The Morgan fingerprint density at radius 1 is 1.10 bits per heavy atom. The number of sulfonamides is 1. The molecule has 0 saturated heterocycles. The summed E-state index contributed by atoms with van der Waals surface area (Å²) >= 11 is 0. The molecule has 1 saturated carbocycles. The van der Waals surface area contributed by atoms with E-state index in [1.807, 2.05) is 0 Å². The number of rotatable bonds is 8. The molecular weight excluding hydrogens is 554 g/mol. The molecule has 41 heavy (non-hydrogen) atoms. The lowest BCUT2D eigenvalue weighted by atomic mass is 10.1. The van der Waals surface area contributed by atoms with E-state index in [0.29, 0.717) is 35.3 Å². The Hall–Kier alpha value is -4.78. The Labute approximate surface area is 233 Å². The quantitative estimate of drug-likeness (QED) is 0.216. The maximum Gasteiger partial charge on any atom is 0.235 e. The molecule has 210 valence electrons. The van der Waals surface area contributed by atoms with E-state index >= 15 is 0 Å². The number of H-pyrrole nitrogens is 1. The molecule has 0 bridgehead atoms. The van der Waals surface area contributed by atoms with Gasteiger partial charge >= 0.3 is 0 Å². The first kappa shape index (κ1) is 26.4. The first-order valence-electron chi connectivity index (χ1n) is 12.6. The highest BCUT2D eigenvalue weighted by Gasteiger charge is 2.36. The summed E-state index contributed by atoms with van der Waals surface area (Å²) in [6, 6.07) is 9.98. The van der Waals surface area contributed by atoms with Crippen LogP contribution in [0.15, 0.2) is 54.9 Å². The Morgan fingerprint density at radius 2 is 1.83 bits per heavy atom. The third kappa shape index (κ3) is 4.88. The van der Waals surface area contributed by atoms with E-state index in [-0.39, 0.29) is 28.2 Å². The van der Waals surface area contributed by atoms with Crippen molar-refractivity contribution in [2.24, 2.45) is 0 Å². The van der Waals surface area contributed by atoms with Crippen molar-refractivity contribution < 1.29 is 26.7 Å². The smallest absolute Gasteiger partial charge is 0.235 e. The lowest BCUT2D eigenvalue weighted by molar-refractivity contribution is 0.103. The minimum atomic E-state index is -3.44. The van der Waals surface area contributed by atoms with Gasteiger partial charge in [0.2, 0.25) is 27.4 Å². The predicted octanol–water partition coefficient (Wildman–Crippen LogP) is 5.15. The molecule has 0 amide bonds. The minimum absolute atomic E-state index is 0.0376. The molecular formula is C28H24F2N6O4S. The number of ether oxygens (including phenoxy) is 1. The number of nitrogens with zero attached hydrogens (tertiary/aromatic N) is 3. The molecule has 0 aliphatic heterocycles. The number of hydrogen-bond donors (Lipinski definition) is 3. The number of hydrogen-bond acceptors (Lipinski definition) is 7. The highest BCUT2D eigenvalue weighted by atomic mass is 32.2. The van der Waals surface area contributed by atoms with Crippen LogP contribution in [0.5, 0.6) is 11.6 Å². The SMILES string of the molecule is Cc1cc2cc(C(=O)c3cnn(-c4cnc(Oc5c(F)cccc5F)cc4C)c3N)[nH]c2cc1NS(=O)(=O)C1CC1. The molecule has 6 rings (SSSR count). The van der Waals surface area contributed by atoms with Crippen molar-refractivity contribution in [3.05, 3.63) is 88.9 Å². The molecule has 4 N–H and O–H groups in total. The zero-order valence-corrected chi connectivity index (χ0v) is 22.7. The van der Waals surface area contributed by atoms with Gasteiger partial charge in [-0.1, -0.05) is 6.07 Å². The van der Waals surface area contributed by atoms with Gasteiger partial charge in [0.1, 0.15) is 5.82 Å². The molecule has 0 unspecified atom stereocenters. The Bertz CT molecular complexity index is 1940. The monoisotopic (exact) mass is 578 g/mol.